The van der Waals surface area contributed by atoms with Crippen molar-refractivity contribution in [1.29, 1.82) is 0 Å². The van der Waals surface area contributed by atoms with Crippen molar-refractivity contribution in [1.82, 2.24) is 5.32 Å². The average Bonchev–Trinajstić information content (AvgIpc) is 2.24. The molecule has 0 aliphatic heterocycles. The van der Waals surface area contributed by atoms with Crippen molar-refractivity contribution in [2.24, 2.45) is 0 Å². The molecule has 0 aliphatic rings. The smallest absolute Gasteiger partial charge is 0.123 e. The zero-order chi connectivity index (χ0) is 11.1. The van der Waals surface area contributed by atoms with E-state index in [0.717, 1.165) is 25.1 Å². The molecular formula is C12H18FNS. The fourth-order valence-electron chi connectivity index (χ4n) is 1.30. The van der Waals surface area contributed by atoms with Crippen LogP contribution in [0.4, 0.5) is 4.39 Å². The first-order valence-corrected chi connectivity index (χ1v) is 6.49. The summed E-state index contributed by atoms with van der Waals surface area (Å²) in [6, 6.07) is 6.73. The molecule has 1 N–H and O–H groups in total. The Kier molecular flexibility index (Phi) is 5.73. The lowest BCUT2D eigenvalue weighted by Gasteiger charge is -2.09. The van der Waals surface area contributed by atoms with Gasteiger partial charge in [-0.05, 0) is 36.9 Å². The van der Waals surface area contributed by atoms with E-state index in [2.05, 4.69) is 18.5 Å². The normalized spacial score (nSPS) is 12.7. The largest absolute Gasteiger partial charge is 0.313 e. The van der Waals surface area contributed by atoms with Crippen LogP contribution >= 0.6 is 11.8 Å². The highest BCUT2D eigenvalue weighted by atomic mass is 32.2. The molecule has 1 atom stereocenters. The maximum absolute atomic E-state index is 12.8. The van der Waals surface area contributed by atoms with Crippen molar-refractivity contribution in [2.45, 2.75) is 25.1 Å². The van der Waals surface area contributed by atoms with Crippen LogP contribution in [0.2, 0.25) is 0 Å². The van der Waals surface area contributed by atoms with Crippen LogP contribution in [0.25, 0.3) is 0 Å². The molecule has 1 rings (SSSR count). The first-order valence-electron chi connectivity index (χ1n) is 5.20. The van der Waals surface area contributed by atoms with Gasteiger partial charge in [-0.1, -0.05) is 19.1 Å². The lowest BCUT2D eigenvalue weighted by atomic mass is 10.2. The van der Waals surface area contributed by atoms with Gasteiger partial charge in [0.2, 0.25) is 0 Å². The molecule has 0 amide bonds. The van der Waals surface area contributed by atoms with Crippen LogP contribution < -0.4 is 5.32 Å². The van der Waals surface area contributed by atoms with Crippen molar-refractivity contribution >= 4 is 11.8 Å². The summed E-state index contributed by atoms with van der Waals surface area (Å²) < 4.78 is 12.8. The summed E-state index contributed by atoms with van der Waals surface area (Å²) in [6.45, 7) is 3.95. The van der Waals surface area contributed by atoms with Gasteiger partial charge in [0, 0.05) is 11.8 Å². The van der Waals surface area contributed by atoms with Crippen LogP contribution in [0, 0.1) is 5.82 Å². The third kappa shape index (κ3) is 5.19. The second kappa shape index (κ2) is 6.85. The highest BCUT2D eigenvalue weighted by Crippen LogP contribution is 2.08. The molecule has 1 aromatic rings. The lowest BCUT2D eigenvalue weighted by Crippen LogP contribution is -2.17. The number of rotatable bonds is 6. The summed E-state index contributed by atoms with van der Waals surface area (Å²) in [5.41, 5.74) is 1.01. The van der Waals surface area contributed by atoms with Gasteiger partial charge in [-0.2, -0.15) is 11.8 Å². The minimum absolute atomic E-state index is 0.160. The molecule has 1 aromatic carbocycles. The highest BCUT2D eigenvalue weighted by molar-refractivity contribution is 7.99. The SMILES string of the molecule is CSC(C)CCNCc1cccc(F)c1. The molecule has 0 aliphatic carbocycles. The molecule has 1 unspecified atom stereocenters. The van der Waals surface area contributed by atoms with E-state index in [0.29, 0.717) is 5.25 Å². The van der Waals surface area contributed by atoms with Gasteiger partial charge < -0.3 is 5.32 Å². The minimum atomic E-state index is -0.160. The minimum Gasteiger partial charge on any atom is -0.313 e. The molecule has 84 valence electrons. The number of hydrogen-bond acceptors (Lipinski definition) is 2. The van der Waals surface area contributed by atoms with Crippen molar-refractivity contribution in [3.63, 3.8) is 0 Å². The third-order valence-corrected chi connectivity index (χ3v) is 3.39. The summed E-state index contributed by atoms with van der Waals surface area (Å²) in [7, 11) is 0. The Morgan fingerprint density at radius 1 is 1.47 bits per heavy atom. The maximum atomic E-state index is 12.8. The van der Waals surface area contributed by atoms with Crippen molar-refractivity contribution in [3.05, 3.63) is 35.6 Å². The van der Waals surface area contributed by atoms with Crippen molar-refractivity contribution in [2.75, 3.05) is 12.8 Å². The van der Waals surface area contributed by atoms with Crippen LogP contribution in [0.5, 0.6) is 0 Å². The van der Waals surface area contributed by atoms with E-state index in [9.17, 15) is 4.39 Å². The van der Waals surface area contributed by atoms with Crippen LogP contribution in [0.15, 0.2) is 24.3 Å². The number of nitrogens with one attached hydrogen (secondary N) is 1. The Morgan fingerprint density at radius 2 is 2.27 bits per heavy atom. The molecule has 0 fully saturated rings. The van der Waals surface area contributed by atoms with E-state index < -0.39 is 0 Å². The van der Waals surface area contributed by atoms with Gasteiger partial charge in [0.1, 0.15) is 5.82 Å². The average molecular weight is 227 g/mol. The van der Waals surface area contributed by atoms with Gasteiger partial charge in [-0.25, -0.2) is 4.39 Å². The maximum Gasteiger partial charge on any atom is 0.123 e. The van der Waals surface area contributed by atoms with Crippen LogP contribution in [0.3, 0.4) is 0 Å². The predicted octanol–water partition coefficient (Wildman–Crippen LogP) is 3.06. The van der Waals surface area contributed by atoms with Gasteiger partial charge in [0.25, 0.3) is 0 Å². The molecule has 0 heterocycles. The Bertz CT molecular complexity index is 291. The Labute approximate surface area is 95.5 Å². The summed E-state index contributed by atoms with van der Waals surface area (Å²) in [5, 5.41) is 4.00. The standard InChI is InChI=1S/C12H18FNS/c1-10(15-2)6-7-14-9-11-4-3-5-12(13)8-11/h3-5,8,10,14H,6-7,9H2,1-2H3. The number of halogens is 1. The summed E-state index contributed by atoms with van der Waals surface area (Å²) in [6.07, 6.45) is 3.27. The topological polar surface area (TPSA) is 12.0 Å². The molecule has 0 spiro atoms. The molecule has 15 heavy (non-hydrogen) atoms. The molecule has 0 aromatic heterocycles. The molecule has 0 saturated carbocycles. The summed E-state index contributed by atoms with van der Waals surface area (Å²) in [5.74, 6) is -0.160. The molecular weight excluding hydrogens is 209 g/mol. The number of hydrogen-bond donors (Lipinski definition) is 1. The molecule has 0 bridgehead atoms. The molecule has 1 nitrogen and oxygen atoms in total. The second-order valence-corrected chi connectivity index (χ2v) is 4.92. The van der Waals surface area contributed by atoms with Crippen molar-refractivity contribution in [3.8, 4) is 0 Å². The Balaban J connectivity index is 2.20. The summed E-state index contributed by atoms with van der Waals surface area (Å²) >= 11 is 1.87. The highest BCUT2D eigenvalue weighted by Gasteiger charge is 1.98. The zero-order valence-electron chi connectivity index (χ0n) is 9.29. The fourth-order valence-corrected chi connectivity index (χ4v) is 1.66. The third-order valence-electron chi connectivity index (χ3n) is 2.35. The van der Waals surface area contributed by atoms with E-state index in [-0.39, 0.29) is 5.82 Å². The van der Waals surface area contributed by atoms with Gasteiger partial charge in [0.05, 0.1) is 0 Å². The van der Waals surface area contributed by atoms with E-state index in [4.69, 9.17) is 0 Å². The van der Waals surface area contributed by atoms with Gasteiger partial charge in [-0.3, -0.25) is 0 Å². The molecule has 0 saturated heterocycles. The molecule has 3 heteroatoms. The van der Waals surface area contributed by atoms with Gasteiger partial charge in [0.15, 0.2) is 0 Å². The quantitative estimate of drug-likeness (QED) is 0.750. The van der Waals surface area contributed by atoms with E-state index in [1.54, 1.807) is 12.1 Å². The monoisotopic (exact) mass is 227 g/mol. The first kappa shape index (κ1) is 12.5. The van der Waals surface area contributed by atoms with E-state index >= 15 is 0 Å². The zero-order valence-corrected chi connectivity index (χ0v) is 10.1. The number of benzene rings is 1. The summed E-state index contributed by atoms with van der Waals surface area (Å²) in [4.78, 5) is 0. The van der Waals surface area contributed by atoms with Gasteiger partial charge >= 0.3 is 0 Å². The molecule has 0 radical (unpaired) electrons. The van der Waals surface area contributed by atoms with E-state index in [1.807, 2.05) is 17.8 Å². The Hall–Kier alpha value is -0.540. The van der Waals surface area contributed by atoms with Crippen LogP contribution in [-0.2, 0) is 6.54 Å². The van der Waals surface area contributed by atoms with Crippen molar-refractivity contribution < 1.29 is 4.39 Å². The second-order valence-electron chi connectivity index (χ2n) is 3.64. The fraction of sp³-hybridized carbons (Fsp3) is 0.500. The van der Waals surface area contributed by atoms with Crippen LogP contribution in [-0.4, -0.2) is 18.1 Å². The Morgan fingerprint density at radius 3 is 2.93 bits per heavy atom. The first-order chi connectivity index (χ1) is 7.22. The lowest BCUT2D eigenvalue weighted by molar-refractivity contribution is 0.615. The van der Waals surface area contributed by atoms with Gasteiger partial charge in [-0.15, -0.1) is 0 Å². The predicted molar refractivity (Wildman–Crippen MR) is 65.7 cm³/mol. The van der Waals surface area contributed by atoms with Crippen LogP contribution in [0.1, 0.15) is 18.9 Å². The van der Waals surface area contributed by atoms with E-state index in [1.165, 1.54) is 6.07 Å². The number of thioether (sulfide) groups is 1.